The molecule has 0 heteroatoms. The van der Waals surface area contributed by atoms with Crippen LogP contribution in [0.2, 0.25) is 0 Å². The molecule has 0 aliphatic heterocycles. The third-order valence-corrected chi connectivity index (χ3v) is 22.6. The fourth-order valence-corrected chi connectivity index (χ4v) is 17.9. The van der Waals surface area contributed by atoms with Crippen molar-refractivity contribution in [1.82, 2.24) is 0 Å². The van der Waals surface area contributed by atoms with Crippen LogP contribution in [-0.2, 0) is 0 Å². The topological polar surface area (TPSA) is 0 Å². The molecular weight excluding hydrogens is 1270 g/mol. The molecule has 0 aromatic heterocycles. The molecule has 0 nitrogen and oxygen atoms in total. The minimum atomic E-state index is 1.15. The van der Waals surface area contributed by atoms with E-state index in [2.05, 4.69) is 400 Å². The zero-order valence-electron chi connectivity index (χ0n) is 58.1. The first-order valence-electron chi connectivity index (χ1n) is 36.9. The van der Waals surface area contributed by atoms with E-state index < -0.39 is 0 Å². The minimum Gasteiger partial charge on any atom is -0.0616 e. The SMILES string of the molecule is c1ccc2c(-c3cc(-c4c5ccccc5c(-c5cc(-c6cccc7ccccc67)cc(-c6ccc(-c7cccc8ccccc78)c7cccc(-c8cccc9ccccc89)c67)c5)c5ccccc45)cc(-c4ccc(-c5cccc6ccccc56)c5cccc(-c6cccc7ccccc67)c45)c3)cccc2c1. The molecule has 0 radical (unpaired) electrons. The van der Waals surface area contributed by atoms with Crippen LogP contribution in [0, 0.1) is 0 Å². The zero-order valence-corrected chi connectivity index (χ0v) is 58.1. The Hall–Kier alpha value is -13.8. The molecule has 0 aliphatic carbocycles. The van der Waals surface area contributed by atoms with Crippen LogP contribution in [-0.4, -0.2) is 0 Å². The van der Waals surface area contributed by atoms with Crippen LogP contribution in [0.1, 0.15) is 0 Å². The van der Waals surface area contributed by atoms with E-state index in [0.717, 1.165) is 33.4 Å². The maximum Gasteiger partial charge on any atom is -0.00204 e. The van der Waals surface area contributed by atoms with Crippen molar-refractivity contribution in [3.8, 4) is 111 Å². The molecule has 21 aromatic carbocycles. The van der Waals surface area contributed by atoms with Gasteiger partial charge in [0.25, 0.3) is 0 Å². The number of fused-ring (bicyclic) bond motifs is 10. The van der Waals surface area contributed by atoms with Crippen molar-refractivity contribution in [3.63, 3.8) is 0 Å². The van der Waals surface area contributed by atoms with Gasteiger partial charge in [0, 0.05) is 0 Å². The van der Waals surface area contributed by atoms with E-state index >= 15 is 0 Å². The van der Waals surface area contributed by atoms with Gasteiger partial charge >= 0.3 is 0 Å². The standard InChI is InChI=1S/C106H66/c1-7-37-79-67(25-1)31-17-47-85(79)73-61-75(87-57-59-93(89-49-19-33-69-27-3-9-39-81(69)89)97-55-23-53-95(105(87)97)91-51-21-35-71-29-5-11-41-83(71)91)65-77(63-73)103-99-43-13-15-45-101(99)104(102-46-16-14-44-100(102)103)78-64-74(86-48-18-32-68-26-2-8-38-80(68)86)62-76(66-78)88-58-60-94(90-50-20-34-70-28-4-10-40-82(70)90)98-56-24-54-96(106(88)98)92-52-22-36-72-30-6-12-42-84(72)92/h1-66H. The highest BCUT2D eigenvalue weighted by molar-refractivity contribution is 6.24. The van der Waals surface area contributed by atoms with Gasteiger partial charge < -0.3 is 0 Å². The molecule has 106 heavy (non-hydrogen) atoms. The van der Waals surface area contributed by atoms with E-state index in [1.165, 1.54) is 186 Å². The molecule has 0 bridgehead atoms. The molecule has 0 amide bonds. The van der Waals surface area contributed by atoms with E-state index in [1.54, 1.807) is 0 Å². The van der Waals surface area contributed by atoms with Gasteiger partial charge in [0.2, 0.25) is 0 Å². The molecule has 0 aliphatic rings. The van der Waals surface area contributed by atoms with Gasteiger partial charge in [-0.05, 0) is 255 Å². The van der Waals surface area contributed by atoms with Gasteiger partial charge in [-0.1, -0.05) is 364 Å². The predicted octanol–water partition coefficient (Wildman–Crippen LogP) is 29.9. The lowest BCUT2D eigenvalue weighted by Crippen LogP contribution is -1.95. The second kappa shape index (κ2) is 25.0. The molecule has 0 N–H and O–H groups in total. The van der Waals surface area contributed by atoms with Crippen LogP contribution >= 0.6 is 0 Å². The number of benzene rings is 21. The summed E-state index contributed by atoms with van der Waals surface area (Å²) >= 11 is 0. The minimum absolute atomic E-state index is 1.15. The maximum atomic E-state index is 2.51. The average molecular weight is 1340 g/mol. The highest BCUT2D eigenvalue weighted by Gasteiger charge is 2.25. The quantitative estimate of drug-likeness (QED) is 0.120. The third kappa shape index (κ3) is 9.98. The molecule has 0 saturated heterocycles. The summed E-state index contributed by atoms with van der Waals surface area (Å²) in [5.41, 5.74) is 23.7. The lowest BCUT2D eigenvalue weighted by Gasteiger charge is -2.22. The van der Waals surface area contributed by atoms with Crippen molar-refractivity contribution >= 4 is 108 Å². The summed E-state index contributed by atoms with van der Waals surface area (Å²) in [7, 11) is 0. The Morgan fingerprint density at radius 2 is 0.283 bits per heavy atom. The van der Waals surface area contributed by atoms with E-state index in [-0.39, 0.29) is 0 Å². The van der Waals surface area contributed by atoms with Gasteiger partial charge in [-0.15, -0.1) is 0 Å². The van der Waals surface area contributed by atoms with E-state index in [0.29, 0.717) is 0 Å². The van der Waals surface area contributed by atoms with Gasteiger partial charge in [0.15, 0.2) is 0 Å². The number of hydrogen-bond donors (Lipinski definition) is 0. The summed E-state index contributed by atoms with van der Waals surface area (Å²) < 4.78 is 0. The molecule has 21 aromatic rings. The average Bonchev–Trinajstić information content (AvgIpc) is 0.734. The molecule has 0 saturated carbocycles. The van der Waals surface area contributed by atoms with Crippen LogP contribution in [0.5, 0.6) is 0 Å². The Morgan fingerprint density at radius 1 is 0.104 bits per heavy atom. The summed E-state index contributed by atoms with van der Waals surface area (Å²) in [6.45, 7) is 0. The van der Waals surface area contributed by atoms with Crippen LogP contribution in [0.15, 0.2) is 400 Å². The van der Waals surface area contributed by atoms with Gasteiger partial charge in [-0.3, -0.25) is 0 Å². The van der Waals surface area contributed by atoms with E-state index in [1.807, 2.05) is 0 Å². The van der Waals surface area contributed by atoms with Gasteiger partial charge in [0.1, 0.15) is 0 Å². The Morgan fingerprint density at radius 3 is 0.585 bits per heavy atom. The van der Waals surface area contributed by atoms with Crippen LogP contribution in [0.3, 0.4) is 0 Å². The van der Waals surface area contributed by atoms with Crippen molar-refractivity contribution in [2.75, 3.05) is 0 Å². The molecule has 0 fully saturated rings. The van der Waals surface area contributed by atoms with E-state index in [9.17, 15) is 0 Å². The maximum absolute atomic E-state index is 2.51. The number of hydrogen-bond acceptors (Lipinski definition) is 0. The van der Waals surface area contributed by atoms with Crippen molar-refractivity contribution < 1.29 is 0 Å². The Bertz CT molecular complexity index is 6690. The number of rotatable bonds is 10. The molecule has 21 rings (SSSR count). The molecule has 0 atom stereocenters. The lowest BCUT2D eigenvalue weighted by molar-refractivity contribution is 1.60. The van der Waals surface area contributed by atoms with Crippen LogP contribution in [0.25, 0.3) is 219 Å². The van der Waals surface area contributed by atoms with Crippen LogP contribution < -0.4 is 0 Å². The summed E-state index contributed by atoms with van der Waals surface area (Å²) in [5.74, 6) is 0. The summed E-state index contributed by atoms with van der Waals surface area (Å²) in [4.78, 5) is 0. The highest BCUT2D eigenvalue weighted by atomic mass is 14.3. The first-order valence-corrected chi connectivity index (χ1v) is 36.9. The third-order valence-electron chi connectivity index (χ3n) is 22.6. The van der Waals surface area contributed by atoms with Crippen LogP contribution in [0.4, 0.5) is 0 Å². The molecular formula is C106H66. The molecule has 0 spiro atoms. The van der Waals surface area contributed by atoms with Crippen molar-refractivity contribution in [3.05, 3.63) is 400 Å². The first-order chi connectivity index (χ1) is 52.6. The van der Waals surface area contributed by atoms with Gasteiger partial charge in [-0.25, -0.2) is 0 Å². The largest absolute Gasteiger partial charge is 0.0616 e. The van der Waals surface area contributed by atoms with Gasteiger partial charge in [-0.2, -0.15) is 0 Å². The molecule has 490 valence electrons. The zero-order chi connectivity index (χ0) is 69.8. The normalized spacial score (nSPS) is 11.8. The summed E-state index contributed by atoms with van der Waals surface area (Å²) in [6, 6.07) is 151. The molecule has 0 unspecified atom stereocenters. The fourth-order valence-electron chi connectivity index (χ4n) is 17.9. The summed E-state index contributed by atoms with van der Waals surface area (Å²) in [5, 5.41) is 24.2. The Balaban J connectivity index is 0.845. The summed E-state index contributed by atoms with van der Waals surface area (Å²) in [6.07, 6.45) is 0. The second-order valence-corrected chi connectivity index (χ2v) is 28.4. The monoisotopic (exact) mass is 1340 g/mol. The Kier molecular flexibility index (Phi) is 14.4. The smallest absolute Gasteiger partial charge is 0.00204 e. The van der Waals surface area contributed by atoms with Crippen molar-refractivity contribution in [2.45, 2.75) is 0 Å². The highest BCUT2D eigenvalue weighted by Crippen LogP contribution is 2.52. The fraction of sp³-hybridized carbons (Fsp3) is 0. The van der Waals surface area contributed by atoms with Gasteiger partial charge in [0.05, 0.1) is 0 Å². The van der Waals surface area contributed by atoms with Crippen molar-refractivity contribution in [2.24, 2.45) is 0 Å². The Labute approximate surface area is 615 Å². The first kappa shape index (κ1) is 60.9. The molecule has 0 heterocycles. The second-order valence-electron chi connectivity index (χ2n) is 28.4. The lowest BCUT2D eigenvalue weighted by atomic mass is 9.81. The predicted molar refractivity (Wildman–Crippen MR) is 456 cm³/mol. The van der Waals surface area contributed by atoms with E-state index in [4.69, 9.17) is 0 Å². The van der Waals surface area contributed by atoms with Crippen molar-refractivity contribution in [1.29, 1.82) is 0 Å².